The highest BCUT2D eigenvalue weighted by atomic mass is 16.5. The van der Waals surface area contributed by atoms with Crippen molar-refractivity contribution in [2.45, 2.75) is 6.92 Å². The van der Waals surface area contributed by atoms with Gasteiger partial charge in [0.15, 0.2) is 5.82 Å². The first kappa shape index (κ1) is 11.5. The number of anilines is 1. The van der Waals surface area contributed by atoms with E-state index in [1.807, 2.05) is 43.3 Å². The Morgan fingerprint density at radius 1 is 1.26 bits per heavy atom. The summed E-state index contributed by atoms with van der Waals surface area (Å²) in [4.78, 5) is 4.42. The van der Waals surface area contributed by atoms with Gasteiger partial charge in [-0.1, -0.05) is 6.07 Å². The Labute approximate surface area is 110 Å². The number of hydrogen-bond donors (Lipinski definition) is 1. The number of nitrogens with zero attached hydrogens (tertiary/aromatic N) is 3. The number of fused-ring (bicyclic) bond motifs is 1. The van der Waals surface area contributed by atoms with E-state index in [0.717, 1.165) is 10.9 Å². The van der Waals surface area contributed by atoms with E-state index in [0.29, 0.717) is 24.0 Å². The van der Waals surface area contributed by atoms with Crippen molar-refractivity contribution in [3.05, 3.63) is 42.6 Å². The Balaban J connectivity index is 2.13. The quantitative estimate of drug-likeness (QED) is 0.729. The third kappa shape index (κ3) is 2.10. The minimum absolute atomic E-state index is 0.587. The van der Waals surface area contributed by atoms with Gasteiger partial charge in [-0.3, -0.25) is 0 Å². The number of hydrogen-bond acceptors (Lipinski definition) is 4. The molecular formula is C14H14N4O. The van der Waals surface area contributed by atoms with Gasteiger partial charge in [-0.25, -0.2) is 4.68 Å². The van der Waals surface area contributed by atoms with E-state index in [1.54, 1.807) is 10.9 Å². The maximum Gasteiger partial charge on any atom is 0.215 e. The van der Waals surface area contributed by atoms with Crippen LogP contribution in [0.5, 0.6) is 5.88 Å². The van der Waals surface area contributed by atoms with Gasteiger partial charge in [0.1, 0.15) is 0 Å². The second-order valence-corrected chi connectivity index (χ2v) is 4.14. The first-order chi connectivity index (χ1) is 9.28. The molecule has 0 aliphatic heterocycles. The summed E-state index contributed by atoms with van der Waals surface area (Å²) in [6.07, 6.45) is 1.80. The molecule has 3 rings (SSSR count). The molecule has 2 heterocycles. The van der Waals surface area contributed by atoms with Crippen molar-refractivity contribution in [2.75, 3.05) is 12.3 Å². The normalized spacial score (nSPS) is 10.8. The van der Waals surface area contributed by atoms with Gasteiger partial charge < -0.3 is 10.5 Å². The Hall–Kier alpha value is -2.56. The van der Waals surface area contributed by atoms with Gasteiger partial charge in [0.05, 0.1) is 18.3 Å². The summed E-state index contributed by atoms with van der Waals surface area (Å²) in [6.45, 7) is 2.52. The Morgan fingerprint density at radius 3 is 3.00 bits per heavy atom. The van der Waals surface area contributed by atoms with Crippen LogP contribution in [0.4, 0.5) is 5.69 Å². The maximum atomic E-state index is 5.82. The van der Waals surface area contributed by atoms with Crippen LogP contribution >= 0.6 is 0 Å². The summed E-state index contributed by atoms with van der Waals surface area (Å²) in [5.41, 5.74) is 7.46. The fraction of sp³-hybridized carbons (Fsp3) is 0.143. The van der Waals surface area contributed by atoms with Crippen LogP contribution in [0.15, 0.2) is 42.6 Å². The molecule has 0 fully saturated rings. The number of rotatable bonds is 3. The van der Waals surface area contributed by atoms with Crippen molar-refractivity contribution in [3.63, 3.8) is 0 Å². The van der Waals surface area contributed by atoms with Gasteiger partial charge in [-0.15, -0.1) is 0 Å². The summed E-state index contributed by atoms with van der Waals surface area (Å²) in [5.74, 6) is 1.30. The lowest BCUT2D eigenvalue weighted by molar-refractivity contribution is 0.326. The minimum atomic E-state index is 0.587. The molecule has 0 spiro atoms. The van der Waals surface area contributed by atoms with Crippen LogP contribution in [0.1, 0.15) is 6.92 Å². The molecule has 0 aliphatic carbocycles. The van der Waals surface area contributed by atoms with Crippen LogP contribution in [0, 0.1) is 0 Å². The lowest BCUT2D eigenvalue weighted by Crippen LogP contribution is -2.02. The summed E-state index contributed by atoms with van der Waals surface area (Å²) >= 11 is 0. The Morgan fingerprint density at radius 2 is 2.16 bits per heavy atom. The van der Waals surface area contributed by atoms with Gasteiger partial charge >= 0.3 is 0 Å². The number of ether oxygens (including phenoxy) is 1. The second kappa shape index (κ2) is 4.61. The van der Waals surface area contributed by atoms with E-state index in [2.05, 4.69) is 10.1 Å². The molecule has 19 heavy (non-hydrogen) atoms. The Bertz CT molecular complexity index is 720. The monoisotopic (exact) mass is 254 g/mol. The highest BCUT2D eigenvalue weighted by Gasteiger charge is 2.07. The van der Waals surface area contributed by atoms with Crippen molar-refractivity contribution in [3.8, 4) is 11.7 Å². The predicted molar refractivity (Wildman–Crippen MR) is 74.4 cm³/mol. The van der Waals surface area contributed by atoms with E-state index in [4.69, 9.17) is 10.5 Å². The molecule has 3 aromatic rings. The van der Waals surface area contributed by atoms with Gasteiger partial charge in [-0.2, -0.15) is 10.1 Å². The molecule has 0 radical (unpaired) electrons. The van der Waals surface area contributed by atoms with Crippen molar-refractivity contribution in [1.82, 2.24) is 14.8 Å². The van der Waals surface area contributed by atoms with Crippen LogP contribution in [0.2, 0.25) is 0 Å². The largest absolute Gasteiger partial charge is 0.478 e. The van der Waals surface area contributed by atoms with E-state index >= 15 is 0 Å². The zero-order chi connectivity index (χ0) is 13.2. The fourth-order valence-electron chi connectivity index (χ4n) is 1.97. The van der Waals surface area contributed by atoms with Crippen LogP contribution in [0.25, 0.3) is 16.7 Å². The first-order valence-corrected chi connectivity index (χ1v) is 6.11. The molecule has 0 atom stereocenters. The molecule has 0 saturated heterocycles. The van der Waals surface area contributed by atoms with Crippen LogP contribution in [0.3, 0.4) is 0 Å². The molecule has 1 aromatic carbocycles. The smallest absolute Gasteiger partial charge is 0.215 e. The molecule has 96 valence electrons. The fourth-order valence-corrected chi connectivity index (χ4v) is 1.97. The lowest BCUT2D eigenvalue weighted by atomic mass is 10.2. The number of aromatic nitrogens is 3. The van der Waals surface area contributed by atoms with Crippen molar-refractivity contribution in [2.24, 2.45) is 0 Å². The van der Waals surface area contributed by atoms with Crippen molar-refractivity contribution in [1.29, 1.82) is 0 Å². The van der Waals surface area contributed by atoms with E-state index in [1.165, 1.54) is 0 Å². The standard InChI is InChI=1S/C14H14N4O/c1-2-19-14-5-3-4-13(17-14)18-12-8-11(15)7-6-10(12)9-16-18/h3-9H,2,15H2,1H3. The van der Waals surface area contributed by atoms with Crippen LogP contribution < -0.4 is 10.5 Å². The van der Waals surface area contributed by atoms with Gasteiger partial charge in [0.25, 0.3) is 0 Å². The average molecular weight is 254 g/mol. The van der Waals surface area contributed by atoms with E-state index in [-0.39, 0.29) is 0 Å². The van der Waals surface area contributed by atoms with Gasteiger partial charge in [0.2, 0.25) is 5.88 Å². The molecule has 0 unspecified atom stereocenters. The molecule has 2 N–H and O–H groups in total. The predicted octanol–water partition coefficient (Wildman–Crippen LogP) is 2.40. The first-order valence-electron chi connectivity index (χ1n) is 6.11. The maximum absolute atomic E-state index is 5.82. The molecule has 5 nitrogen and oxygen atoms in total. The topological polar surface area (TPSA) is 66.0 Å². The molecule has 0 saturated carbocycles. The van der Waals surface area contributed by atoms with Gasteiger partial charge in [0, 0.05) is 17.1 Å². The second-order valence-electron chi connectivity index (χ2n) is 4.14. The van der Waals surface area contributed by atoms with Crippen molar-refractivity contribution >= 4 is 16.6 Å². The summed E-state index contributed by atoms with van der Waals surface area (Å²) in [5, 5.41) is 5.38. The highest BCUT2D eigenvalue weighted by Crippen LogP contribution is 2.20. The number of nitrogen functional groups attached to an aromatic ring is 1. The minimum Gasteiger partial charge on any atom is -0.478 e. The van der Waals surface area contributed by atoms with Crippen LogP contribution in [-0.4, -0.2) is 21.4 Å². The number of pyridine rings is 1. The summed E-state index contributed by atoms with van der Waals surface area (Å²) < 4.78 is 7.16. The molecule has 0 aliphatic rings. The zero-order valence-electron chi connectivity index (χ0n) is 10.6. The third-order valence-electron chi connectivity index (χ3n) is 2.81. The van der Waals surface area contributed by atoms with Crippen molar-refractivity contribution < 1.29 is 4.74 Å². The average Bonchev–Trinajstić information content (AvgIpc) is 2.82. The molecule has 5 heteroatoms. The van der Waals surface area contributed by atoms with Crippen LogP contribution in [-0.2, 0) is 0 Å². The molecule has 2 aromatic heterocycles. The molecule has 0 amide bonds. The Kier molecular flexibility index (Phi) is 2.79. The number of benzene rings is 1. The van der Waals surface area contributed by atoms with E-state index in [9.17, 15) is 0 Å². The third-order valence-corrected chi connectivity index (χ3v) is 2.81. The molecule has 0 bridgehead atoms. The zero-order valence-corrected chi connectivity index (χ0v) is 10.6. The van der Waals surface area contributed by atoms with Gasteiger partial charge in [-0.05, 0) is 31.2 Å². The highest BCUT2D eigenvalue weighted by molar-refractivity contribution is 5.83. The SMILES string of the molecule is CCOc1cccc(-n2ncc3ccc(N)cc32)n1. The summed E-state index contributed by atoms with van der Waals surface area (Å²) in [7, 11) is 0. The summed E-state index contributed by atoms with van der Waals surface area (Å²) in [6, 6.07) is 11.3. The number of nitrogens with two attached hydrogens (primary N) is 1. The van der Waals surface area contributed by atoms with E-state index < -0.39 is 0 Å². The molecular weight excluding hydrogens is 240 g/mol. The lowest BCUT2D eigenvalue weighted by Gasteiger charge is -2.06.